The second-order valence-electron chi connectivity index (χ2n) is 4.31. The van der Waals surface area contributed by atoms with Crippen LogP contribution in [-0.4, -0.2) is 45.8 Å². The summed E-state index contributed by atoms with van der Waals surface area (Å²) in [6.07, 6.45) is 0.556. The van der Waals surface area contributed by atoms with Crippen LogP contribution in [0.15, 0.2) is 18.2 Å². The third-order valence-corrected chi connectivity index (χ3v) is 3.23. The number of halogens is 1. The Balaban J connectivity index is 2.22. The fraction of sp³-hybridized carbons (Fsp3) is 0.462. The minimum Gasteiger partial charge on any atom is -0.377 e. The third kappa shape index (κ3) is 2.52. The van der Waals surface area contributed by atoms with Gasteiger partial charge in [-0.3, -0.25) is 4.79 Å². The highest BCUT2D eigenvalue weighted by Gasteiger charge is 2.33. The van der Waals surface area contributed by atoms with Crippen molar-refractivity contribution in [3.05, 3.63) is 29.6 Å². The first-order chi connectivity index (χ1) is 8.67. The molecule has 1 saturated heterocycles. The Kier molecular flexibility index (Phi) is 3.93. The van der Waals surface area contributed by atoms with Gasteiger partial charge < -0.3 is 14.4 Å². The zero-order valence-electron chi connectivity index (χ0n) is 10.4. The van der Waals surface area contributed by atoms with Crippen LogP contribution in [0.1, 0.15) is 10.4 Å². The zero-order valence-corrected chi connectivity index (χ0v) is 10.4. The van der Waals surface area contributed by atoms with Gasteiger partial charge in [0.2, 0.25) is 0 Å². The van der Waals surface area contributed by atoms with Crippen LogP contribution < -0.4 is 4.90 Å². The highest BCUT2D eigenvalue weighted by molar-refractivity contribution is 5.77. The average Bonchev–Trinajstić information content (AvgIpc) is 2.81. The molecule has 1 aromatic rings. The largest absolute Gasteiger partial charge is 0.377 e. The number of rotatable bonds is 4. The third-order valence-electron chi connectivity index (χ3n) is 3.23. The first kappa shape index (κ1) is 13.0. The minimum atomic E-state index is -0.413. The van der Waals surface area contributed by atoms with E-state index >= 15 is 0 Å². The summed E-state index contributed by atoms with van der Waals surface area (Å²) in [6, 6.07) is 4.30. The maximum absolute atomic E-state index is 13.4. The molecule has 0 N–H and O–H groups in total. The molecule has 18 heavy (non-hydrogen) atoms. The Morgan fingerprint density at radius 2 is 1.83 bits per heavy atom. The fourth-order valence-electron chi connectivity index (χ4n) is 2.25. The van der Waals surface area contributed by atoms with Gasteiger partial charge in [0.1, 0.15) is 24.3 Å². The van der Waals surface area contributed by atoms with Crippen molar-refractivity contribution in [3.8, 4) is 0 Å². The maximum Gasteiger partial charge on any atom is 0.150 e. The molecule has 1 heterocycles. The predicted molar refractivity (Wildman–Crippen MR) is 65.6 cm³/mol. The second kappa shape index (κ2) is 5.46. The normalized spacial score (nSPS) is 23.4. The van der Waals surface area contributed by atoms with E-state index in [0.29, 0.717) is 30.6 Å². The highest BCUT2D eigenvalue weighted by atomic mass is 19.1. The summed E-state index contributed by atoms with van der Waals surface area (Å²) in [6.45, 7) is 1.24. The molecule has 0 aliphatic carbocycles. The summed E-state index contributed by atoms with van der Waals surface area (Å²) in [5.74, 6) is -0.413. The van der Waals surface area contributed by atoms with Gasteiger partial charge in [0.05, 0.1) is 0 Å². The first-order valence-electron chi connectivity index (χ1n) is 5.74. The monoisotopic (exact) mass is 253 g/mol. The van der Waals surface area contributed by atoms with E-state index in [1.165, 1.54) is 12.1 Å². The van der Waals surface area contributed by atoms with Crippen LogP contribution in [0.4, 0.5) is 10.1 Å². The number of hydrogen-bond donors (Lipinski definition) is 0. The standard InChI is InChI=1S/C13H16FNO3/c1-17-12-6-15(7-13(12)18-2)11-4-9(8-16)3-10(14)5-11/h3-5,8,12-13H,6-7H2,1-2H3. The number of carbonyl (C=O) groups is 1. The molecule has 0 spiro atoms. The van der Waals surface area contributed by atoms with Crippen molar-refractivity contribution < 1.29 is 18.7 Å². The van der Waals surface area contributed by atoms with Crippen LogP contribution in [0.25, 0.3) is 0 Å². The SMILES string of the molecule is COC1CN(c2cc(F)cc(C=O)c2)CC1OC. The van der Waals surface area contributed by atoms with E-state index in [1.807, 2.05) is 4.90 Å². The van der Waals surface area contributed by atoms with Gasteiger partial charge in [-0.1, -0.05) is 0 Å². The van der Waals surface area contributed by atoms with E-state index in [0.717, 1.165) is 0 Å². The topological polar surface area (TPSA) is 38.8 Å². The van der Waals surface area contributed by atoms with Gasteiger partial charge in [-0.05, 0) is 18.2 Å². The van der Waals surface area contributed by atoms with Crippen molar-refractivity contribution >= 4 is 12.0 Å². The number of benzene rings is 1. The molecule has 1 fully saturated rings. The van der Waals surface area contributed by atoms with Crippen molar-refractivity contribution in [2.75, 3.05) is 32.2 Å². The van der Waals surface area contributed by atoms with E-state index in [-0.39, 0.29) is 12.2 Å². The van der Waals surface area contributed by atoms with Gasteiger partial charge in [-0.15, -0.1) is 0 Å². The lowest BCUT2D eigenvalue weighted by atomic mass is 10.2. The number of nitrogens with zero attached hydrogens (tertiary/aromatic N) is 1. The Morgan fingerprint density at radius 1 is 1.22 bits per heavy atom. The predicted octanol–water partition coefficient (Wildman–Crippen LogP) is 1.49. The Bertz CT molecular complexity index is 426. The molecule has 4 nitrogen and oxygen atoms in total. The number of anilines is 1. The molecule has 2 unspecified atom stereocenters. The zero-order chi connectivity index (χ0) is 13.1. The van der Waals surface area contributed by atoms with Gasteiger partial charge in [0.25, 0.3) is 0 Å². The summed E-state index contributed by atoms with van der Waals surface area (Å²) in [7, 11) is 3.26. The quantitative estimate of drug-likeness (QED) is 0.762. The van der Waals surface area contributed by atoms with E-state index < -0.39 is 5.82 Å². The van der Waals surface area contributed by atoms with E-state index in [1.54, 1.807) is 20.3 Å². The number of ether oxygens (including phenoxy) is 2. The molecule has 0 bridgehead atoms. The fourth-order valence-corrected chi connectivity index (χ4v) is 2.25. The smallest absolute Gasteiger partial charge is 0.150 e. The first-order valence-corrected chi connectivity index (χ1v) is 5.74. The minimum absolute atomic E-state index is 0.0436. The van der Waals surface area contributed by atoms with Crippen LogP contribution in [0, 0.1) is 5.82 Å². The molecular weight excluding hydrogens is 237 g/mol. The molecule has 0 aromatic heterocycles. The molecule has 98 valence electrons. The molecule has 0 saturated carbocycles. The Hall–Kier alpha value is -1.46. The number of carbonyl (C=O) groups excluding carboxylic acids is 1. The summed E-state index contributed by atoms with van der Waals surface area (Å²) in [4.78, 5) is 12.7. The molecule has 1 aliphatic heterocycles. The van der Waals surface area contributed by atoms with Crippen LogP contribution in [0.5, 0.6) is 0 Å². The van der Waals surface area contributed by atoms with Crippen molar-refractivity contribution in [2.45, 2.75) is 12.2 Å². The molecule has 1 aromatic carbocycles. The summed E-state index contributed by atoms with van der Waals surface area (Å²) >= 11 is 0. The highest BCUT2D eigenvalue weighted by Crippen LogP contribution is 2.25. The van der Waals surface area contributed by atoms with Gasteiger partial charge in [-0.2, -0.15) is 0 Å². The molecule has 0 amide bonds. The van der Waals surface area contributed by atoms with Crippen molar-refractivity contribution in [1.29, 1.82) is 0 Å². The lowest BCUT2D eigenvalue weighted by molar-refractivity contribution is -0.00461. The second-order valence-corrected chi connectivity index (χ2v) is 4.31. The summed E-state index contributed by atoms with van der Waals surface area (Å²) in [5.41, 5.74) is 1.01. The number of hydrogen-bond acceptors (Lipinski definition) is 4. The van der Waals surface area contributed by atoms with Gasteiger partial charge in [0.15, 0.2) is 0 Å². The molecular formula is C13H16FNO3. The molecule has 0 radical (unpaired) electrons. The van der Waals surface area contributed by atoms with Gasteiger partial charge >= 0.3 is 0 Å². The van der Waals surface area contributed by atoms with Crippen LogP contribution in [0.2, 0.25) is 0 Å². The van der Waals surface area contributed by atoms with E-state index in [9.17, 15) is 9.18 Å². The maximum atomic E-state index is 13.4. The summed E-state index contributed by atoms with van der Waals surface area (Å²) < 4.78 is 24.0. The van der Waals surface area contributed by atoms with Crippen molar-refractivity contribution in [1.82, 2.24) is 0 Å². The molecule has 2 rings (SSSR count). The van der Waals surface area contributed by atoms with Crippen molar-refractivity contribution in [2.24, 2.45) is 0 Å². The van der Waals surface area contributed by atoms with Gasteiger partial charge in [0, 0.05) is 38.6 Å². The number of methoxy groups -OCH3 is 2. The van der Waals surface area contributed by atoms with Crippen LogP contribution in [0.3, 0.4) is 0 Å². The lowest BCUT2D eigenvalue weighted by Crippen LogP contribution is -2.27. The van der Waals surface area contributed by atoms with Crippen molar-refractivity contribution in [3.63, 3.8) is 0 Å². The Morgan fingerprint density at radius 3 is 2.33 bits per heavy atom. The van der Waals surface area contributed by atoms with E-state index in [2.05, 4.69) is 0 Å². The Labute approximate surface area is 105 Å². The van der Waals surface area contributed by atoms with Gasteiger partial charge in [-0.25, -0.2) is 4.39 Å². The summed E-state index contributed by atoms with van der Waals surface area (Å²) in [5, 5.41) is 0. The molecule has 5 heteroatoms. The molecule has 1 aliphatic rings. The van der Waals surface area contributed by atoms with Crippen LogP contribution in [-0.2, 0) is 9.47 Å². The molecule has 2 atom stereocenters. The lowest BCUT2D eigenvalue weighted by Gasteiger charge is -2.18. The number of aldehydes is 1. The van der Waals surface area contributed by atoms with Crippen LogP contribution >= 0.6 is 0 Å². The average molecular weight is 253 g/mol. The van der Waals surface area contributed by atoms with E-state index in [4.69, 9.17) is 9.47 Å².